The standard InChI is InChI=1S/C11H9BrN2O4S2/c1-6-4-7(12)2-3-8(6)14-20(17,18)11-9(10(15)16)13-5-19-11/h2-5,14H,1H3,(H,15,16). The van der Waals surface area contributed by atoms with E-state index in [2.05, 4.69) is 25.6 Å². The van der Waals surface area contributed by atoms with Gasteiger partial charge in [-0.05, 0) is 30.7 Å². The maximum absolute atomic E-state index is 12.2. The van der Waals surface area contributed by atoms with Gasteiger partial charge in [-0.1, -0.05) is 15.9 Å². The predicted molar refractivity (Wildman–Crippen MR) is 78.8 cm³/mol. The number of nitrogens with one attached hydrogen (secondary N) is 1. The molecule has 106 valence electrons. The van der Waals surface area contributed by atoms with Crippen LogP contribution in [0, 0.1) is 6.92 Å². The number of carboxylic acids is 1. The Balaban J connectivity index is 2.41. The molecule has 9 heteroatoms. The summed E-state index contributed by atoms with van der Waals surface area (Å²) in [5, 5.41) is 8.92. The molecule has 0 radical (unpaired) electrons. The van der Waals surface area contributed by atoms with E-state index in [1.807, 2.05) is 0 Å². The summed E-state index contributed by atoms with van der Waals surface area (Å²) < 4.78 is 27.3. The number of rotatable bonds is 4. The molecule has 0 amide bonds. The Morgan fingerprint density at radius 2 is 2.15 bits per heavy atom. The molecule has 6 nitrogen and oxygen atoms in total. The Morgan fingerprint density at radius 3 is 2.75 bits per heavy atom. The Morgan fingerprint density at radius 1 is 1.45 bits per heavy atom. The van der Waals surface area contributed by atoms with Gasteiger partial charge in [0.25, 0.3) is 10.0 Å². The minimum absolute atomic E-state index is 0.313. The topological polar surface area (TPSA) is 96.4 Å². The van der Waals surface area contributed by atoms with E-state index in [0.717, 1.165) is 15.8 Å². The third kappa shape index (κ3) is 3.00. The largest absolute Gasteiger partial charge is 0.476 e. The van der Waals surface area contributed by atoms with Crippen LogP contribution in [0.4, 0.5) is 5.69 Å². The lowest BCUT2D eigenvalue weighted by molar-refractivity contribution is 0.0687. The first-order valence-corrected chi connectivity index (χ1v) is 8.42. The van der Waals surface area contributed by atoms with Gasteiger partial charge in [-0.3, -0.25) is 4.72 Å². The Bertz CT molecular complexity index is 770. The molecule has 0 unspecified atom stereocenters. The van der Waals surface area contributed by atoms with E-state index >= 15 is 0 Å². The molecule has 20 heavy (non-hydrogen) atoms. The van der Waals surface area contributed by atoms with E-state index < -0.39 is 21.7 Å². The number of benzene rings is 1. The number of carbonyl (C=O) groups is 1. The Kier molecular flexibility index (Phi) is 4.11. The van der Waals surface area contributed by atoms with Gasteiger partial charge in [0, 0.05) is 4.47 Å². The summed E-state index contributed by atoms with van der Waals surface area (Å²) >= 11 is 4.04. The molecule has 0 saturated carbocycles. The van der Waals surface area contributed by atoms with Crippen molar-refractivity contribution >= 4 is 48.9 Å². The molecule has 2 aromatic rings. The van der Waals surface area contributed by atoms with Gasteiger partial charge in [-0.25, -0.2) is 18.2 Å². The van der Waals surface area contributed by atoms with Crippen LogP contribution in [-0.4, -0.2) is 24.5 Å². The monoisotopic (exact) mass is 376 g/mol. The fourth-order valence-corrected chi connectivity index (χ4v) is 4.25. The van der Waals surface area contributed by atoms with Gasteiger partial charge in [0.05, 0.1) is 11.2 Å². The maximum Gasteiger partial charge on any atom is 0.356 e. The number of hydrogen-bond donors (Lipinski definition) is 2. The number of anilines is 1. The van der Waals surface area contributed by atoms with Crippen LogP contribution in [0.15, 0.2) is 32.4 Å². The summed E-state index contributed by atoms with van der Waals surface area (Å²) in [4.78, 5) is 14.5. The maximum atomic E-state index is 12.2. The van der Waals surface area contributed by atoms with Crippen molar-refractivity contribution in [3.8, 4) is 0 Å². The van der Waals surface area contributed by atoms with Crippen molar-refractivity contribution in [1.29, 1.82) is 0 Å². The number of aromatic carboxylic acids is 1. The zero-order chi connectivity index (χ0) is 14.9. The van der Waals surface area contributed by atoms with Crippen LogP contribution >= 0.6 is 27.3 Å². The molecule has 1 heterocycles. The zero-order valence-electron chi connectivity index (χ0n) is 10.1. The highest BCUT2D eigenvalue weighted by Gasteiger charge is 2.26. The molecule has 2 N–H and O–H groups in total. The summed E-state index contributed by atoms with van der Waals surface area (Å²) in [7, 11) is -3.97. The smallest absolute Gasteiger partial charge is 0.356 e. The number of carboxylic acid groups (broad SMARTS) is 1. The van der Waals surface area contributed by atoms with Crippen LogP contribution in [0.2, 0.25) is 0 Å². The summed E-state index contributed by atoms with van der Waals surface area (Å²) in [6.07, 6.45) is 0. The van der Waals surface area contributed by atoms with Gasteiger partial charge in [-0.2, -0.15) is 0 Å². The lowest BCUT2D eigenvalue weighted by atomic mass is 10.2. The first-order valence-electron chi connectivity index (χ1n) is 5.27. The van der Waals surface area contributed by atoms with Gasteiger partial charge in [0.1, 0.15) is 0 Å². The van der Waals surface area contributed by atoms with E-state index in [1.165, 1.54) is 5.51 Å². The second-order valence-corrected chi connectivity index (χ2v) is 7.51. The molecule has 1 aromatic heterocycles. The zero-order valence-corrected chi connectivity index (χ0v) is 13.3. The molecule has 0 spiro atoms. The average Bonchev–Trinajstić information content (AvgIpc) is 2.82. The number of aromatic nitrogens is 1. The summed E-state index contributed by atoms with van der Waals surface area (Å²) in [5.74, 6) is -1.38. The van der Waals surface area contributed by atoms with Gasteiger partial charge in [0.2, 0.25) is 0 Å². The van der Waals surface area contributed by atoms with Gasteiger partial charge >= 0.3 is 5.97 Å². The van der Waals surface area contributed by atoms with Crippen LogP contribution in [0.1, 0.15) is 16.1 Å². The van der Waals surface area contributed by atoms with Gasteiger partial charge in [0.15, 0.2) is 9.90 Å². The lowest BCUT2D eigenvalue weighted by Crippen LogP contribution is -2.16. The molecule has 2 rings (SSSR count). The molecule has 0 aliphatic rings. The minimum Gasteiger partial charge on any atom is -0.476 e. The third-order valence-electron chi connectivity index (χ3n) is 2.41. The highest BCUT2D eigenvalue weighted by atomic mass is 79.9. The molecule has 0 saturated heterocycles. The van der Waals surface area contributed by atoms with Gasteiger partial charge < -0.3 is 5.11 Å². The van der Waals surface area contributed by atoms with E-state index in [4.69, 9.17) is 5.11 Å². The molecule has 0 atom stereocenters. The lowest BCUT2D eigenvalue weighted by Gasteiger charge is -2.09. The van der Waals surface area contributed by atoms with E-state index in [0.29, 0.717) is 11.3 Å². The van der Waals surface area contributed by atoms with Crippen LogP contribution in [0.25, 0.3) is 0 Å². The van der Waals surface area contributed by atoms with Crippen molar-refractivity contribution in [2.45, 2.75) is 11.1 Å². The second-order valence-electron chi connectivity index (χ2n) is 3.86. The number of hydrogen-bond acceptors (Lipinski definition) is 5. The van der Waals surface area contributed by atoms with Crippen molar-refractivity contribution in [3.63, 3.8) is 0 Å². The first-order chi connectivity index (χ1) is 9.31. The predicted octanol–water partition coefficient (Wildman–Crippen LogP) is 2.71. The number of aryl methyl sites for hydroxylation is 1. The normalized spacial score (nSPS) is 11.3. The van der Waals surface area contributed by atoms with Crippen molar-refractivity contribution < 1.29 is 18.3 Å². The number of sulfonamides is 1. The fourth-order valence-electron chi connectivity index (χ4n) is 1.50. The third-order valence-corrected chi connectivity index (χ3v) is 5.64. The highest BCUT2D eigenvalue weighted by molar-refractivity contribution is 9.10. The summed E-state index contributed by atoms with van der Waals surface area (Å²) in [6.45, 7) is 1.74. The van der Waals surface area contributed by atoms with E-state index in [-0.39, 0.29) is 4.21 Å². The van der Waals surface area contributed by atoms with Crippen LogP contribution in [-0.2, 0) is 10.0 Å². The van der Waals surface area contributed by atoms with Gasteiger partial charge in [-0.15, -0.1) is 11.3 Å². The van der Waals surface area contributed by atoms with Crippen LogP contribution < -0.4 is 4.72 Å². The number of thiazole rings is 1. The molecule has 0 bridgehead atoms. The summed E-state index contributed by atoms with van der Waals surface area (Å²) in [6, 6.07) is 5.04. The molecular weight excluding hydrogens is 368 g/mol. The SMILES string of the molecule is Cc1cc(Br)ccc1NS(=O)(=O)c1scnc1C(=O)O. The Labute approximate surface area is 127 Å². The Hall–Kier alpha value is -1.45. The van der Waals surface area contributed by atoms with Crippen molar-refractivity contribution in [3.05, 3.63) is 39.4 Å². The van der Waals surface area contributed by atoms with E-state index in [1.54, 1.807) is 25.1 Å². The molecule has 0 aliphatic carbocycles. The molecular formula is C11H9BrN2O4S2. The van der Waals surface area contributed by atoms with Crippen LogP contribution in [0.5, 0.6) is 0 Å². The van der Waals surface area contributed by atoms with Crippen LogP contribution in [0.3, 0.4) is 0 Å². The molecule has 1 aromatic carbocycles. The van der Waals surface area contributed by atoms with Crippen molar-refractivity contribution in [1.82, 2.24) is 4.98 Å². The number of nitrogens with zero attached hydrogens (tertiary/aromatic N) is 1. The average molecular weight is 377 g/mol. The fraction of sp³-hybridized carbons (Fsp3) is 0.0909. The summed E-state index contributed by atoms with van der Waals surface area (Å²) in [5.41, 5.74) is 1.81. The second kappa shape index (κ2) is 5.51. The van der Waals surface area contributed by atoms with E-state index in [9.17, 15) is 13.2 Å². The number of halogens is 1. The molecule has 0 fully saturated rings. The highest BCUT2D eigenvalue weighted by Crippen LogP contribution is 2.26. The first kappa shape index (κ1) is 14.9. The minimum atomic E-state index is -3.97. The molecule has 0 aliphatic heterocycles. The van der Waals surface area contributed by atoms with Crippen molar-refractivity contribution in [2.75, 3.05) is 4.72 Å². The van der Waals surface area contributed by atoms with Crippen molar-refractivity contribution in [2.24, 2.45) is 0 Å². The quantitative estimate of drug-likeness (QED) is 0.854.